The molecule has 4 nitrogen and oxygen atoms in total. The number of rotatable bonds is 6. The van der Waals surface area contributed by atoms with Gasteiger partial charge in [-0.05, 0) is 18.6 Å². The van der Waals surface area contributed by atoms with Gasteiger partial charge in [-0.2, -0.15) is 0 Å². The molecule has 0 saturated heterocycles. The molecule has 0 aliphatic rings. The number of halogens is 2. The Balaban J connectivity index is 2.71. The molecule has 0 unspecified atom stereocenters. The van der Waals surface area contributed by atoms with Crippen LogP contribution in [0.4, 0.5) is 14.5 Å². The van der Waals surface area contributed by atoms with E-state index in [-0.39, 0.29) is 28.5 Å². The third-order valence-corrected chi connectivity index (χ3v) is 3.61. The van der Waals surface area contributed by atoms with Gasteiger partial charge >= 0.3 is 0 Å². The van der Waals surface area contributed by atoms with Crippen molar-refractivity contribution in [2.75, 3.05) is 23.9 Å². The minimum Gasteiger partial charge on any atom is -0.389 e. The Bertz CT molecular complexity index is 589. The highest BCUT2D eigenvalue weighted by Crippen LogP contribution is 2.20. The number of thiocarbonyl (C=S) groups is 1. The lowest BCUT2D eigenvalue weighted by atomic mass is 10.1. The highest BCUT2D eigenvalue weighted by atomic mass is 32.2. The minimum absolute atomic E-state index is 0.0188. The Morgan fingerprint density at radius 2 is 2.00 bits per heavy atom. The highest BCUT2D eigenvalue weighted by Gasteiger charge is 2.14. The fraction of sp³-hybridized carbons (Fsp3) is 0.364. The summed E-state index contributed by atoms with van der Waals surface area (Å²) in [5.41, 5.74) is 5.03. The van der Waals surface area contributed by atoms with E-state index < -0.39 is 21.5 Å². The third-order valence-electron chi connectivity index (χ3n) is 2.36. The molecule has 0 fully saturated rings. The van der Waals surface area contributed by atoms with Crippen molar-refractivity contribution in [2.45, 2.75) is 6.42 Å². The Morgan fingerprint density at radius 3 is 2.53 bits per heavy atom. The second-order valence-electron chi connectivity index (χ2n) is 4.06. The first kappa shape index (κ1) is 15.8. The molecule has 8 heteroatoms. The zero-order chi connectivity index (χ0) is 14.6. The molecule has 0 radical (unpaired) electrons. The minimum atomic E-state index is -3.06. The number of benzene rings is 1. The molecule has 0 heterocycles. The quantitative estimate of drug-likeness (QED) is 0.615. The zero-order valence-electron chi connectivity index (χ0n) is 10.2. The SMILES string of the molecule is CS(=O)(=O)CCCNc1ccc(C(N)=S)c(F)c1F. The van der Waals surface area contributed by atoms with Crippen molar-refractivity contribution in [3.05, 3.63) is 29.3 Å². The first-order valence-electron chi connectivity index (χ1n) is 5.42. The lowest BCUT2D eigenvalue weighted by molar-refractivity contribution is 0.509. The summed E-state index contributed by atoms with van der Waals surface area (Å²) in [6, 6.07) is 2.59. The van der Waals surface area contributed by atoms with Gasteiger partial charge in [0.2, 0.25) is 0 Å². The van der Waals surface area contributed by atoms with Gasteiger partial charge in [-0.1, -0.05) is 12.2 Å². The monoisotopic (exact) mass is 308 g/mol. The highest BCUT2D eigenvalue weighted by molar-refractivity contribution is 7.90. The molecule has 0 aromatic heterocycles. The van der Waals surface area contributed by atoms with Gasteiger partial charge in [0.15, 0.2) is 11.6 Å². The van der Waals surface area contributed by atoms with E-state index in [9.17, 15) is 17.2 Å². The summed E-state index contributed by atoms with van der Waals surface area (Å²) in [5.74, 6) is -2.21. The maximum absolute atomic E-state index is 13.6. The van der Waals surface area contributed by atoms with E-state index in [2.05, 4.69) is 17.5 Å². The third kappa shape index (κ3) is 4.71. The average Bonchev–Trinajstić information content (AvgIpc) is 2.28. The summed E-state index contributed by atoms with van der Waals surface area (Å²) in [7, 11) is -3.06. The van der Waals surface area contributed by atoms with Crippen molar-refractivity contribution < 1.29 is 17.2 Å². The predicted molar refractivity (Wildman–Crippen MR) is 75.1 cm³/mol. The van der Waals surface area contributed by atoms with Gasteiger partial charge in [-0.15, -0.1) is 0 Å². The molecular formula is C11H14F2N2O2S2. The first-order chi connectivity index (χ1) is 8.72. The summed E-state index contributed by atoms with van der Waals surface area (Å²) in [6.07, 6.45) is 1.42. The summed E-state index contributed by atoms with van der Waals surface area (Å²) in [4.78, 5) is -0.222. The topological polar surface area (TPSA) is 72.2 Å². The Labute approximate surface area is 115 Å². The molecule has 1 rings (SSSR count). The molecule has 0 spiro atoms. The molecule has 0 bridgehead atoms. The van der Waals surface area contributed by atoms with Gasteiger partial charge in [0.1, 0.15) is 14.8 Å². The van der Waals surface area contributed by atoms with Crippen LogP contribution in [0, 0.1) is 11.6 Å². The van der Waals surface area contributed by atoms with Crippen LogP contribution in [0.5, 0.6) is 0 Å². The summed E-state index contributed by atoms with van der Waals surface area (Å²) in [6.45, 7) is 0.218. The second-order valence-corrected chi connectivity index (χ2v) is 6.76. The average molecular weight is 308 g/mol. The van der Waals surface area contributed by atoms with Crippen LogP contribution in [0.1, 0.15) is 12.0 Å². The number of hydrogen-bond acceptors (Lipinski definition) is 4. The van der Waals surface area contributed by atoms with Crippen molar-refractivity contribution in [3.63, 3.8) is 0 Å². The fourth-order valence-corrected chi connectivity index (χ4v) is 2.26. The number of anilines is 1. The van der Waals surface area contributed by atoms with Crippen molar-refractivity contribution in [1.29, 1.82) is 0 Å². The maximum Gasteiger partial charge on any atom is 0.182 e. The van der Waals surface area contributed by atoms with Crippen LogP contribution in [0.2, 0.25) is 0 Å². The molecule has 106 valence electrons. The zero-order valence-corrected chi connectivity index (χ0v) is 11.9. The van der Waals surface area contributed by atoms with Crippen LogP contribution in [0.15, 0.2) is 12.1 Å². The molecule has 1 aromatic rings. The molecule has 0 saturated carbocycles. The van der Waals surface area contributed by atoms with Gasteiger partial charge < -0.3 is 11.1 Å². The Hall–Kier alpha value is -1.28. The largest absolute Gasteiger partial charge is 0.389 e. The number of hydrogen-bond donors (Lipinski definition) is 2. The molecule has 0 aliphatic heterocycles. The Morgan fingerprint density at radius 1 is 1.37 bits per heavy atom. The number of nitrogens with two attached hydrogens (primary N) is 1. The fourth-order valence-electron chi connectivity index (χ4n) is 1.43. The van der Waals surface area contributed by atoms with Crippen LogP contribution in [0.3, 0.4) is 0 Å². The van der Waals surface area contributed by atoms with E-state index in [0.717, 1.165) is 6.26 Å². The second kappa shape index (κ2) is 6.25. The van der Waals surface area contributed by atoms with E-state index in [1.54, 1.807) is 0 Å². The van der Waals surface area contributed by atoms with Crippen LogP contribution >= 0.6 is 12.2 Å². The molecule has 19 heavy (non-hydrogen) atoms. The van der Waals surface area contributed by atoms with E-state index in [1.165, 1.54) is 12.1 Å². The lowest BCUT2D eigenvalue weighted by Crippen LogP contribution is -2.15. The Kier molecular flexibility index (Phi) is 5.19. The van der Waals surface area contributed by atoms with Crippen LogP contribution < -0.4 is 11.1 Å². The lowest BCUT2D eigenvalue weighted by Gasteiger charge is -2.09. The molecule has 3 N–H and O–H groups in total. The van der Waals surface area contributed by atoms with Crippen LogP contribution in [-0.2, 0) is 9.84 Å². The first-order valence-corrected chi connectivity index (χ1v) is 7.88. The van der Waals surface area contributed by atoms with Crippen LogP contribution in [-0.4, -0.2) is 32.0 Å². The van der Waals surface area contributed by atoms with Gasteiger partial charge in [-0.25, -0.2) is 17.2 Å². The van der Waals surface area contributed by atoms with E-state index in [4.69, 9.17) is 5.73 Å². The van der Waals surface area contributed by atoms with Gasteiger partial charge in [0.05, 0.1) is 11.4 Å². The maximum atomic E-state index is 13.6. The molecule has 1 aromatic carbocycles. The van der Waals surface area contributed by atoms with Crippen molar-refractivity contribution in [2.24, 2.45) is 5.73 Å². The van der Waals surface area contributed by atoms with E-state index >= 15 is 0 Å². The smallest absolute Gasteiger partial charge is 0.182 e. The molecular weight excluding hydrogens is 294 g/mol. The number of nitrogens with one attached hydrogen (secondary N) is 1. The van der Waals surface area contributed by atoms with Gasteiger partial charge in [0, 0.05) is 18.4 Å². The molecule has 0 amide bonds. The van der Waals surface area contributed by atoms with Crippen molar-refractivity contribution in [3.8, 4) is 0 Å². The molecule has 0 atom stereocenters. The van der Waals surface area contributed by atoms with E-state index in [1.807, 2.05) is 0 Å². The van der Waals surface area contributed by atoms with Crippen molar-refractivity contribution >= 4 is 32.7 Å². The van der Waals surface area contributed by atoms with Gasteiger partial charge in [0.25, 0.3) is 0 Å². The van der Waals surface area contributed by atoms with Crippen LogP contribution in [0.25, 0.3) is 0 Å². The summed E-state index contributed by atoms with van der Waals surface area (Å²) < 4.78 is 48.9. The number of sulfone groups is 1. The van der Waals surface area contributed by atoms with Crippen molar-refractivity contribution in [1.82, 2.24) is 0 Å². The normalized spacial score (nSPS) is 11.3. The predicted octanol–water partition coefficient (Wildman–Crippen LogP) is 1.45. The summed E-state index contributed by atoms with van der Waals surface area (Å²) >= 11 is 4.58. The summed E-state index contributed by atoms with van der Waals surface area (Å²) in [5, 5.41) is 2.63. The molecule has 0 aliphatic carbocycles. The van der Waals surface area contributed by atoms with E-state index in [0.29, 0.717) is 6.42 Å². The standard InChI is InChI=1S/C11H14F2N2O2S2/c1-19(16,17)6-2-5-15-8-4-3-7(11(14)18)9(12)10(8)13/h3-4,15H,2,5-6H2,1H3,(H2,14,18). The van der Waals surface area contributed by atoms with Gasteiger partial charge in [-0.3, -0.25) is 0 Å².